The van der Waals surface area contributed by atoms with Crippen LogP contribution in [0.4, 0.5) is 10.3 Å². The predicted molar refractivity (Wildman–Crippen MR) is 104 cm³/mol. The number of aromatic nitrogens is 2. The monoisotopic (exact) mass is 394 g/mol. The van der Waals surface area contributed by atoms with E-state index in [0.29, 0.717) is 29.3 Å². The fourth-order valence-corrected chi connectivity index (χ4v) is 2.90. The van der Waals surface area contributed by atoms with Crippen molar-refractivity contribution in [2.45, 2.75) is 20.0 Å². The standard InChI is InChI=1S/C21H19FN4O3/c1-13-8-17(26-21(25-13)24-11-15-4-2-3-5-16(15)22)20(27)23-10-14-6-7-18-19(9-14)29-12-28-18/h2-9H,10-12H2,1H3,(H,23,27)(H,24,25,26). The molecule has 4 rings (SSSR count). The number of anilines is 1. The van der Waals surface area contributed by atoms with E-state index >= 15 is 0 Å². The van der Waals surface area contributed by atoms with Crippen LogP contribution in [0.5, 0.6) is 11.5 Å². The third-order valence-corrected chi connectivity index (χ3v) is 4.37. The Hall–Kier alpha value is -3.68. The Kier molecular flexibility index (Phi) is 5.24. The number of carbonyl (C=O) groups excluding carboxylic acids is 1. The SMILES string of the molecule is Cc1cc(C(=O)NCc2ccc3c(c2)OCO3)nc(NCc2ccccc2F)n1. The van der Waals surface area contributed by atoms with Crippen molar-refractivity contribution in [2.24, 2.45) is 0 Å². The van der Waals surface area contributed by atoms with E-state index < -0.39 is 0 Å². The van der Waals surface area contributed by atoms with E-state index in [1.807, 2.05) is 18.2 Å². The zero-order valence-corrected chi connectivity index (χ0v) is 15.7. The summed E-state index contributed by atoms with van der Waals surface area (Å²) in [4.78, 5) is 21.0. The number of aryl methyl sites for hydroxylation is 1. The van der Waals surface area contributed by atoms with Gasteiger partial charge in [0.15, 0.2) is 11.5 Å². The van der Waals surface area contributed by atoms with E-state index in [1.54, 1.807) is 31.2 Å². The Morgan fingerprint density at radius 3 is 2.76 bits per heavy atom. The highest BCUT2D eigenvalue weighted by molar-refractivity contribution is 5.92. The van der Waals surface area contributed by atoms with Gasteiger partial charge >= 0.3 is 0 Å². The lowest BCUT2D eigenvalue weighted by atomic mass is 10.2. The predicted octanol–water partition coefficient (Wildman–Crippen LogP) is 3.19. The van der Waals surface area contributed by atoms with Crippen LogP contribution in [0.3, 0.4) is 0 Å². The van der Waals surface area contributed by atoms with Crippen molar-refractivity contribution >= 4 is 11.9 Å². The van der Waals surface area contributed by atoms with E-state index in [4.69, 9.17) is 9.47 Å². The summed E-state index contributed by atoms with van der Waals surface area (Å²) in [5, 5.41) is 5.80. The second-order valence-electron chi connectivity index (χ2n) is 6.53. The maximum Gasteiger partial charge on any atom is 0.270 e. The topological polar surface area (TPSA) is 85.4 Å². The molecule has 0 radical (unpaired) electrons. The van der Waals surface area contributed by atoms with E-state index in [0.717, 1.165) is 5.56 Å². The molecule has 2 N–H and O–H groups in total. The quantitative estimate of drug-likeness (QED) is 0.668. The zero-order valence-electron chi connectivity index (χ0n) is 15.7. The number of rotatable bonds is 6. The van der Waals surface area contributed by atoms with Crippen LogP contribution in [0.2, 0.25) is 0 Å². The van der Waals surface area contributed by atoms with E-state index in [1.165, 1.54) is 6.07 Å². The number of nitrogens with zero attached hydrogens (tertiary/aromatic N) is 2. The van der Waals surface area contributed by atoms with Crippen molar-refractivity contribution in [3.05, 3.63) is 76.9 Å². The van der Waals surface area contributed by atoms with Crippen molar-refractivity contribution in [1.29, 1.82) is 0 Å². The second kappa shape index (κ2) is 8.14. The third-order valence-electron chi connectivity index (χ3n) is 4.37. The van der Waals surface area contributed by atoms with Crippen LogP contribution in [0.1, 0.15) is 27.3 Å². The maximum atomic E-state index is 13.8. The number of amides is 1. The van der Waals surface area contributed by atoms with Crippen molar-refractivity contribution < 1.29 is 18.7 Å². The molecule has 1 aliphatic rings. The first-order valence-electron chi connectivity index (χ1n) is 9.08. The van der Waals surface area contributed by atoms with Crippen LogP contribution in [0, 0.1) is 12.7 Å². The van der Waals surface area contributed by atoms with Gasteiger partial charge in [0, 0.05) is 24.3 Å². The summed E-state index contributed by atoms with van der Waals surface area (Å²) in [6.07, 6.45) is 0. The Morgan fingerprint density at radius 1 is 1.07 bits per heavy atom. The molecule has 1 aliphatic heterocycles. The van der Waals surface area contributed by atoms with Crippen LogP contribution in [-0.4, -0.2) is 22.7 Å². The molecule has 0 saturated heterocycles. The molecular formula is C21H19FN4O3. The number of carbonyl (C=O) groups is 1. The molecule has 0 aliphatic carbocycles. The molecule has 2 aromatic carbocycles. The second-order valence-corrected chi connectivity index (χ2v) is 6.53. The smallest absolute Gasteiger partial charge is 0.270 e. The van der Waals surface area contributed by atoms with Gasteiger partial charge in [-0.2, -0.15) is 0 Å². The van der Waals surface area contributed by atoms with Crippen LogP contribution in [0.15, 0.2) is 48.5 Å². The average Bonchev–Trinajstić information content (AvgIpc) is 3.19. The Balaban J connectivity index is 1.41. The number of fused-ring (bicyclic) bond motifs is 1. The van der Waals surface area contributed by atoms with E-state index in [9.17, 15) is 9.18 Å². The fraction of sp³-hybridized carbons (Fsp3) is 0.190. The molecule has 2 heterocycles. The van der Waals surface area contributed by atoms with Crippen molar-refractivity contribution in [3.63, 3.8) is 0 Å². The lowest BCUT2D eigenvalue weighted by Crippen LogP contribution is -2.24. The Labute approximate surface area is 166 Å². The Bertz CT molecular complexity index is 1060. The molecule has 0 bridgehead atoms. The average molecular weight is 394 g/mol. The minimum Gasteiger partial charge on any atom is -0.454 e. The lowest BCUT2D eigenvalue weighted by molar-refractivity contribution is 0.0945. The van der Waals surface area contributed by atoms with Gasteiger partial charge in [-0.05, 0) is 36.8 Å². The molecule has 0 unspecified atom stereocenters. The van der Waals surface area contributed by atoms with E-state index in [2.05, 4.69) is 20.6 Å². The van der Waals surface area contributed by atoms with Gasteiger partial charge in [-0.1, -0.05) is 24.3 Å². The summed E-state index contributed by atoms with van der Waals surface area (Å²) in [5.41, 5.74) is 2.23. The summed E-state index contributed by atoms with van der Waals surface area (Å²) < 4.78 is 24.4. The molecule has 3 aromatic rings. The highest BCUT2D eigenvalue weighted by Gasteiger charge is 2.15. The van der Waals surface area contributed by atoms with E-state index in [-0.39, 0.29) is 36.7 Å². The number of benzene rings is 2. The molecular weight excluding hydrogens is 375 g/mol. The molecule has 1 amide bonds. The fourth-order valence-electron chi connectivity index (χ4n) is 2.90. The number of hydrogen-bond donors (Lipinski definition) is 2. The highest BCUT2D eigenvalue weighted by atomic mass is 19.1. The van der Waals surface area contributed by atoms with Crippen molar-refractivity contribution in [2.75, 3.05) is 12.1 Å². The van der Waals surface area contributed by atoms with Gasteiger partial charge in [-0.3, -0.25) is 4.79 Å². The van der Waals surface area contributed by atoms with Crippen molar-refractivity contribution in [1.82, 2.24) is 15.3 Å². The molecule has 0 spiro atoms. The molecule has 8 heteroatoms. The van der Waals surface area contributed by atoms with Gasteiger partial charge < -0.3 is 20.1 Å². The molecule has 7 nitrogen and oxygen atoms in total. The van der Waals surface area contributed by atoms with Crippen LogP contribution >= 0.6 is 0 Å². The maximum absolute atomic E-state index is 13.8. The van der Waals surface area contributed by atoms with Crippen LogP contribution in [0.25, 0.3) is 0 Å². The van der Waals surface area contributed by atoms with Crippen LogP contribution in [-0.2, 0) is 13.1 Å². The van der Waals surface area contributed by atoms with Crippen molar-refractivity contribution in [3.8, 4) is 11.5 Å². The summed E-state index contributed by atoms with van der Waals surface area (Å²) >= 11 is 0. The minimum absolute atomic E-state index is 0.202. The molecule has 148 valence electrons. The van der Waals surface area contributed by atoms with Gasteiger partial charge in [0.1, 0.15) is 11.5 Å². The first-order valence-corrected chi connectivity index (χ1v) is 9.08. The summed E-state index contributed by atoms with van der Waals surface area (Å²) in [6.45, 7) is 2.50. The van der Waals surface area contributed by atoms with Gasteiger partial charge in [0.2, 0.25) is 12.7 Å². The minimum atomic E-state index is -0.331. The molecule has 1 aromatic heterocycles. The first kappa shape index (κ1) is 18.7. The normalized spacial score (nSPS) is 11.9. The highest BCUT2D eigenvalue weighted by Crippen LogP contribution is 2.32. The van der Waals surface area contributed by atoms with Gasteiger partial charge in [0.05, 0.1) is 0 Å². The summed E-state index contributed by atoms with van der Waals surface area (Å²) in [6, 6.07) is 13.6. The molecule has 0 saturated carbocycles. The van der Waals surface area contributed by atoms with Gasteiger partial charge in [0.25, 0.3) is 5.91 Å². The Morgan fingerprint density at radius 2 is 1.90 bits per heavy atom. The third kappa shape index (κ3) is 4.43. The zero-order chi connectivity index (χ0) is 20.2. The number of halogens is 1. The molecule has 0 atom stereocenters. The summed E-state index contributed by atoms with van der Waals surface area (Å²) in [5.74, 6) is 0.976. The summed E-state index contributed by atoms with van der Waals surface area (Å²) in [7, 11) is 0. The van der Waals surface area contributed by atoms with Crippen LogP contribution < -0.4 is 20.1 Å². The first-order chi connectivity index (χ1) is 14.1. The number of hydrogen-bond acceptors (Lipinski definition) is 6. The van der Waals surface area contributed by atoms with Gasteiger partial charge in [-0.25, -0.2) is 14.4 Å². The number of nitrogens with one attached hydrogen (secondary N) is 2. The lowest BCUT2D eigenvalue weighted by Gasteiger charge is -2.10. The molecule has 0 fully saturated rings. The molecule has 29 heavy (non-hydrogen) atoms. The largest absolute Gasteiger partial charge is 0.454 e. The number of ether oxygens (including phenoxy) is 2. The van der Waals surface area contributed by atoms with Gasteiger partial charge in [-0.15, -0.1) is 0 Å².